The van der Waals surface area contributed by atoms with Gasteiger partial charge in [-0.3, -0.25) is 4.79 Å². The van der Waals surface area contributed by atoms with E-state index in [1.807, 2.05) is 13.8 Å². The third-order valence-electron chi connectivity index (χ3n) is 3.48. The molecule has 2 rings (SSSR count). The number of anilines is 2. The summed E-state index contributed by atoms with van der Waals surface area (Å²) in [5.74, 6) is -2.79. The lowest BCUT2D eigenvalue weighted by molar-refractivity contribution is -0.222. The van der Waals surface area contributed by atoms with E-state index in [-0.39, 0.29) is 11.5 Å². The average Bonchev–Trinajstić information content (AvgIpc) is 2.48. The van der Waals surface area contributed by atoms with Crippen molar-refractivity contribution in [3.63, 3.8) is 0 Å². The van der Waals surface area contributed by atoms with Crippen molar-refractivity contribution in [2.24, 2.45) is 0 Å². The Morgan fingerprint density at radius 3 is 2.40 bits per heavy atom. The summed E-state index contributed by atoms with van der Waals surface area (Å²) in [6.07, 6.45) is 2.50. The van der Waals surface area contributed by atoms with Gasteiger partial charge in [-0.15, -0.1) is 0 Å². The molecular weight excluding hydrogens is 324 g/mol. The summed E-state index contributed by atoms with van der Waals surface area (Å²) in [6.45, 7) is 6.77. The molecule has 1 saturated heterocycles. The Hall–Kier alpha value is -2.83. The quantitative estimate of drug-likeness (QED) is 0.484. The molecule has 0 atom stereocenters. The van der Waals surface area contributed by atoms with E-state index in [0.29, 0.717) is 12.1 Å². The van der Waals surface area contributed by atoms with Crippen molar-refractivity contribution in [1.82, 2.24) is 0 Å². The lowest BCUT2D eigenvalue weighted by atomic mass is 10.1. The highest BCUT2D eigenvalue weighted by atomic mass is 16.7. The van der Waals surface area contributed by atoms with Crippen molar-refractivity contribution in [1.29, 1.82) is 0 Å². The fraction of sp³-hybridized carbons (Fsp3) is 0.389. The predicted molar refractivity (Wildman–Crippen MR) is 92.7 cm³/mol. The molecule has 0 spiro atoms. The first-order valence-electron chi connectivity index (χ1n) is 8.05. The summed E-state index contributed by atoms with van der Waals surface area (Å²) in [4.78, 5) is 35.4. The molecule has 7 heteroatoms. The van der Waals surface area contributed by atoms with Crippen LogP contribution < -0.4 is 10.6 Å². The van der Waals surface area contributed by atoms with Crippen LogP contribution in [0.5, 0.6) is 0 Å². The van der Waals surface area contributed by atoms with E-state index in [9.17, 15) is 14.4 Å². The first kappa shape index (κ1) is 18.5. The Morgan fingerprint density at radius 2 is 1.84 bits per heavy atom. The SMILES string of the molecule is CCCC(=O)Nc1ccc(NC=C2C(=O)OC(C)(C)OC2=O)cc1C. The first-order valence-corrected chi connectivity index (χ1v) is 8.05. The molecule has 7 nitrogen and oxygen atoms in total. The number of carbonyl (C=O) groups excluding carboxylic acids is 3. The van der Waals surface area contributed by atoms with Gasteiger partial charge >= 0.3 is 11.9 Å². The van der Waals surface area contributed by atoms with Crippen molar-refractivity contribution in [2.45, 2.75) is 46.3 Å². The minimum atomic E-state index is -1.26. The average molecular weight is 346 g/mol. The minimum Gasteiger partial charge on any atom is -0.419 e. The standard InChI is InChI=1S/C18H22N2O5/c1-5-6-15(21)20-14-8-7-12(9-11(14)2)19-10-13-16(22)24-18(3,4)25-17(13)23/h7-10,19H,5-6H2,1-4H3,(H,20,21). The minimum absolute atomic E-state index is 0.0382. The fourth-order valence-electron chi connectivity index (χ4n) is 2.27. The number of carbonyl (C=O) groups is 3. The summed E-state index contributed by atoms with van der Waals surface area (Å²) in [5.41, 5.74) is 2.01. The Labute approximate surface area is 146 Å². The van der Waals surface area contributed by atoms with E-state index in [0.717, 1.165) is 17.7 Å². The summed E-state index contributed by atoms with van der Waals surface area (Å²) in [7, 11) is 0. The summed E-state index contributed by atoms with van der Waals surface area (Å²) in [6, 6.07) is 5.28. The van der Waals surface area contributed by atoms with E-state index in [2.05, 4.69) is 10.6 Å². The second kappa shape index (κ2) is 7.38. The molecule has 134 valence electrons. The van der Waals surface area contributed by atoms with Gasteiger partial charge in [0.25, 0.3) is 5.79 Å². The molecule has 2 N–H and O–H groups in total. The Bertz CT molecular complexity index is 715. The van der Waals surface area contributed by atoms with Crippen LogP contribution >= 0.6 is 0 Å². The molecule has 1 aliphatic heterocycles. The zero-order chi connectivity index (χ0) is 18.6. The highest BCUT2D eigenvalue weighted by Gasteiger charge is 2.38. The molecule has 1 aromatic rings. The van der Waals surface area contributed by atoms with Gasteiger partial charge in [0, 0.05) is 37.8 Å². The number of ether oxygens (including phenoxy) is 2. The van der Waals surface area contributed by atoms with E-state index in [4.69, 9.17) is 9.47 Å². The number of nitrogens with one attached hydrogen (secondary N) is 2. The van der Waals surface area contributed by atoms with Crippen molar-refractivity contribution < 1.29 is 23.9 Å². The van der Waals surface area contributed by atoms with E-state index in [1.165, 1.54) is 20.0 Å². The number of aryl methyl sites for hydroxylation is 1. The van der Waals surface area contributed by atoms with Crippen LogP contribution in [0, 0.1) is 6.92 Å². The van der Waals surface area contributed by atoms with Gasteiger partial charge in [0.15, 0.2) is 5.57 Å². The number of cyclic esters (lactones) is 2. The number of esters is 2. The second-order valence-electron chi connectivity index (χ2n) is 6.21. The predicted octanol–water partition coefficient (Wildman–Crippen LogP) is 2.87. The molecule has 1 aliphatic rings. The van der Waals surface area contributed by atoms with E-state index >= 15 is 0 Å². The van der Waals surface area contributed by atoms with Crippen molar-refractivity contribution in [3.8, 4) is 0 Å². The molecule has 0 unspecified atom stereocenters. The van der Waals surface area contributed by atoms with Gasteiger partial charge in [0.2, 0.25) is 5.91 Å². The van der Waals surface area contributed by atoms with Crippen LogP contribution in [0.25, 0.3) is 0 Å². The molecule has 1 fully saturated rings. The monoisotopic (exact) mass is 346 g/mol. The van der Waals surface area contributed by atoms with Crippen LogP contribution in [0.2, 0.25) is 0 Å². The summed E-state index contributed by atoms with van der Waals surface area (Å²) >= 11 is 0. The van der Waals surface area contributed by atoms with Gasteiger partial charge in [-0.1, -0.05) is 6.92 Å². The second-order valence-corrected chi connectivity index (χ2v) is 6.21. The summed E-state index contributed by atoms with van der Waals surface area (Å²) < 4.78 is 10.0. The molecule has 0 radical (unpaired) electrons. The normalized spacial score (nSPS) is 15.9. The smallest absolute Gasteiger partial charge is 0.350 e. The van der Waals surface area contributed by atoms with Gasteiger partial charge in [-0.25, -0.2) is 9.59 Å². The van der Waals surface area contributed by atoms with Gasteiger partial charge in [0.1, 0.15) is 0 Å². The number of hydrogen-bond acceptors (Lipinski definition) is 6. The van der Waals surface area contributed by atoms with Crippen LogP contribution in [-0.2, 0) is 23.9 Å². The zero-order valence-corrected chi connectivity index (χ0v) is 14.8. The molecular formula is C18H22N2O5. The van der Waals surface area contributed by atoms with Crippen LogP contribution in [0.1, 0.15) is 39.2 Å². The third kappa shape index (κ3) is 4.82. The summed E-state index contributed by atoms with van der Waals surface area (Å²) in [5, 5.41) is 5.71. The molecule has 1 heterocycles. The van der Waals surface area contributed by atoms with Crippen LogP contribution in [-0.4, -0.2) is 23.6 Å². The van der Waals surface area contributed by atoms with Gasteiger partial charge in [-0.05, 0) is 37.1 Å². The van der Waals surface area contributed by atoms with Gasteiger partial charge in [-0.2, -0.15) is 0 Å². The van der Waals surface area contributed by atoms with Crippen LogP contribution in [0.4, 0.5) is 11.4 Å². The first-order chi connectivity index (χ1) is 11.7. The molecule has 1 aromatic carbocycles. The molecule has 0 bridgehead atoms. The molecule has 25 heavy (non-hydrogen) atoms. The molecule has 1 amide bonds. The van der Waals surface area contributed by atoms with Crippen molar-refractivity contribution in [2.75, 3.05) is 10.6 Å². The molecule has 0 aromatic heterocycles. The zero-order valence-electron chi connectivity index (χ0n) is 14.8. The Morgan fingerprint density at radius 1 is 1.20 bits per heavy atom. The van der Waals surface area contributed by atoms with Crippen molar-refractivity contribution in [3.05, 3.63) is 35.5 Å². The number of rotatable bonds is 5. The van der Waals surface area contributed by atoms with Gasteiger partial charge in [0.05, 0.1) is 0 Å². The van der Waals surface area contributed by atoms with E-state index in [1.54, 1.807) is 18.2 Å². The topological polar surface area (TPSA) is 93.7 Å². The fourth-order valence-corrected chi connectivity index (χ4v) is 2.27. The number of amides is 1. The van der Waals surface area contributed by atoms with Crippen LogP contribution in [0.3, 0.4) is 0 Å². The lowest BCUT2D eigenvalue weighted by Crippen LogP contribution is -2.42. The maximum Gasteiger partial charge on any atom is 0.350 e. The Kier molecular flexibility index (Phi) is 5.46. The molecule has 0 saturated carbocycles. The highest BCUT2D eigenvalue weighted by Crippen LogP contribution is 2.24. The third-order valence-corrected chi connectivity index (χ3v) is 3.48. The molecule has 0 aliphatic carbocycles. The van der Waals surface area contributed by atoms with E-state index < -0.39 is 17.7 Å². The lowest BCUT2D eigenvalue weighted by Gasteiger charge is -2.29. The maximum atomic E-state index is 11.9. The van der Waals surface area contributed by atoms with Crippen LogP contribution in [0.15, 0.2) is 30.0 Å². The maximum absolute atomic E-state index is 11.9. The number of benzene rings is 1. The number of hydrogen-bond donors (Lipinski definition) is 2. The van der Waals surface area contributed by atoms with Crippen molar-refractivity contribution >= 4 is 29.2 Å². The van der Waals surface area contributed by atoms with Gasteiger partial charge < -0.3 is 20.1 Å². The Balaban J connectivity index is 2.08. The highest BCUT2D eigenvalue weighted by molar-refractivity contribution is 6.15. The largest absolute Gasteiger partial charge is 0.419 e.